The first-order valence-electron chi connectivity index (χ1n) is 9.50. The lowest BCUT2D eigenvalue weighted by Gasteiger charge is -2.28. The molecule has 0 spiro atoms. The summed E-state index contributed by atoms with van der Waals surface area (Å²) in [5, 5.41) is 0.346. The summed E-state index contributed by atoms with van der Waals surface area (Å²) in [4.78, 5) is 30.2. The summed E-state index contributed by atoms with van der Waals surface area (Å²) in [7, 11) is 3.71. The van der Waals surface area contributed by atoms with Gasteiger partial charge in [0.1, 0.15) is 11.6 Å². The molecule has 1 atom stereocenters. The largest absolute Gasteiger partial charge is 0.347 e. The average molecular weight is 400 g/mol. The summed E-state index contributed by atoms with van der Waals surface area (Å²) >= 11 is 0. The number of anilines is 2. The van der Waals surface area contributed by atoms with Crippen LogP contribution in [0.5, 0.6) is 0 Å². The maximum Gasteiger partial charge on any atom is 0.261 e. The third-order valence-electron chi connectivity index (χ3n) is 5.09. The molecule has 1 aliphatic rings. The Balaban J connectivity index is 1.84. The summed E-state index contributed by atoms with van der Waals surface area (Å²) in [5.41, 5.74) is 0.0796. The van der Waals surface area contributed by atoms with Crippen LogP contribution in [0.3, 0.4) is 0 Å². The van der Waals surface area contributed by atoms with Crippen LogP contribution in [0.2, 0.25) is 0 Å². The number of aromatic nitrogens is 4. The van der Waals surface area contributed by atoms with E-state index in [1.807, 2.05) is 19.0 Å². The van der Waals surface area contributed by atoms with Crippen molar-refractivity contribution in [2.24, 2.45) is 0 Å². The SMILES string of the molecule is CN(C)c1nccc(N2CCCC2c2nc3ccccc3c(=O)n2CC(F)F)n1. The summed E-state index contributed by atoms with van der Waals surface area (Å²) < 4.78 is 27.7. The van der Waals surface area contributed by atoms with Crippen LogP contribution in [0.15, 0.2) is 41.3 Å². The molecule has 4 rings (SSSR count). The molecule has 1 fully saturated rings. The second-order valence-corrected chi connectivity index (χ2v) is 7.25. The van der Waals surface area contributed by atoms with Gasteiger partial charge in [0.2, 0.25) is 5.95 Å². The summed E-state index contributed by atoms with van der Waals surface area (Å²) in [6.45, 7) is 0.0228. The highest BCUT2D eigenvalue weighted by Crippen LogP contribution is 2.35. The van der Waals surface area contributed by atoms with Crippen LogP contribution in [0, 0.1) is 0 Å². The molecule has 1 saturated heterocycles. The zero-order chi connectivity index (χ0) is 20.5. The van der Waals surface area contributed by atoms with Crippen molar-refractivity contribution in [3.8, 4) is 0 Å². The van der Waals surface area contributed by atoms with Crippen molar-refractivity contribution in [3.05, 3.63) is 52.7 Å². The van der Waals surface area contributed by atoms with E-state index in [0.29, 0.717) is 41.5 Å². The Labute approximate surface area is 166 Å². The Hall–Kier alpha value is -3.10. The van der Waals surface area contributed by atoms with Gasteiger partial charge in [-0.3, -0.25) is 9.36 Å². The molecule has 1 aromatic carbocycles. The monoisotopic (exact) mass is 400 g/mol. The lowest BCUT2D eigenvalue weighted by atomic mass is 10.1. The second-order valence-electron chi connectivity index (χ2n) is 7.25. The van der Waals surface area contributed by atoms with Crippen LogP contribution in [-0.4, -0.2) is 46.6 Å². The van der Waals surface area contributed by atoms with Gasteiger partial charge in [0.05, 0.1) is 23.5 Å². The molecular weight excluding hydrogens is 378 g/mol. The molecule has 0 amide bonds. The molecule has 3 heterocycles. The maximum atomic E-state index is 13.3. The Morgan fingerprint density at radius 1 is 1.21 bits per heavy atom. The molecule has 2 aromatic heterocycles. The van der Waals surface area contributed by atoms with Crippen LogP contribution in [0.1, 0.15) is 24.7 Å². The van der Waals surface area contributed by atoms with Gasteiger partial charge >= 0.3 is 0 Å². The third-order valence-corrected chi connectivity index (χ3v) is 5.09. The maximum absolute atomic E-state index is 13.3. The van der Waals surface area contributed by atoms with Gasteiger partial charge in [-0.2, -0.15) is 4.98 Å². The highest BCUT2D eigenvalue weighted by Gasteiger charge is 2.32. The molecule has 9 heteroatoms. The van der Waals surface area contributed by atoms with Gasteiger partial charge in [0.25, 0.3) is 12.0 Å². The Kier molecular flexibility index (Phi) is 5.12. The summed E-state index contributed by atoms with van der Waals surface area (Å²) in [6.07, 6.45) is 0.579. The van der Waals surface area contributed by atoms with E-state index in [9.17, 15) is 13.6 Å². The van der Waals surface area contributed by atoms with Crippen molar-refractivity contribution < 1.29 is 8.78 Å². The standard InChI is InChI=1S/C20H22F2N6O/c1-26(2)20-23-10-9-17(25-20)27-11-5-8-15(27)18-24-14-7-4-3-6-13(14)19(29)28(18)12-16(21)22/h3-4,6-7,9-10,15-16H,5,8,11-12H2,1-2H3. The predicted octanol–water partition coefficient (Wildman–Crippen LogP) is 2.86. The fraction of sp³-hybridized carbons (Fsp3) is 0.400. The van der Waals surface area contributed by atoms with Gasteiger partial charge in [-0.1, -0.05) is 12.1 Å². The lowest BCUT2D eigenvalue weighted by Crippen LogP contribution is -2.34. The highest BCUT2D eigenvalue weighted by atomic mass is 19.3. The van der Waals surface area contributed by atoms with E-state index in [1.54, 1.807) is 41.4 Å². The molecule has 0 radical (unpaired) electrons. The van der Waals surface area contributed by atoms with Gasteiger partial charge < -0.3 is 9.80 Å². The Bertz CT molecular complexity index is 1080. The number of fused-ring (bicyclic) bond motifs is 1. The predicted molar refractivity (Wildman–Crippen MR) is 108 cm³/mol. The quantitative estimate of drug-likeness (QED) is 0.656. The molecule has 1 aliphatic heterocycles. The smallest absolute Gasteiger partial charge is 0.261 e. The van der Waals surface area contributed by atoms with E-state index in [0.717, 1.165) is 11.0 Å². The van der Waals surface area contributed by atoms with Crippen LogP contribution in [-0.2, 0) is 6.54 Å². The minimum Gasteiger partial charge on any atom is -0.347 e. The van der Waals surface area contributed by atoms with Crippen LogP contribution in [0.25, 0.3) is 10.9 Å². The van der Waals surface area contributed by atoms with Crippen molar-refractivity contribution in [3.63, 3.8) is 0 Å². The van der Waals surface area contributed by atoms with E-state index >= 15 is 0 Å². The van der Waals surface area contributed by atoms with Crippen molar-refractivity contribution in [2.75, 3.05) is 30.4 Å². The normalized spacial score (nSPS) is 16.7. The molecule has 152 valence electrons. The first kappa shape index (κ1) is 19.2. The van der Waals surface area contributed by atoms with Crippen LogP contribution in [0.4, 0.5) is 20.5 Å². The van der Waals surface area contributed by atoms with Crippen molar-refractivity contribution in [2.45, 2.75) is 31.9 Å². The van der Waals surface area contributed by atoms with Gasteiger partial charge in [-0.05, 0) is 31.0 Å². The van der Waals surface area contributed by atoms with Gasteiger partial charge in [-0.25, -0.2) is 18.7 Å². The number of hydrogen-bond acceptors (Lipinski definition) is 6. The number of para-hydroxylation sites is 1. The minimum absolute atomic E-state index is 0.309. The molecule has 0 saturated carbocycles. The van der Waals surface area contributed by atoms with Crippen molar-refractivity contribution >= 4 is 22.7 Å². The molecule has 29 heavy (non-hydrogen) atoms. The van der Waals surface area contributed by atoms with Gasteiger partial charge in [-0.15, -0.1) is 0 Å². The van der Waals surface area contributed by atoms with Crippen molar-refractivity contribution in [1.29, 1.82) is 0 Å². The van der Waals surface area contributed by atoms with E-state index < -0.39 is 18.5 Å². The van der Waals surface area contributed by atoms with E-state index in [2.05, 4.69) is 15.0 Å². The zero-order valence-corrected chi connectivity index (χ0v) is 16.3. The molecular formula is C20H22F2N6O. The number of benzene rings is 1. The number of alkyl halides is 2. The first-order valence-corrected chi connectivity index (χ1v) is 9.50. The number of nitrogens with zero attached hydrogens (tertiary/aromatic N) is 6. The van der Waals surface area contributed by atoms with E-state index in [4.69, 9.17) is 0 Å². The topological polar surface area (TPSA) is 67.2 Å². The zero-order valence-electron chi connectivity index (χ0n) is 16.3. The number of hydrogen-bond donors (Lipinski definition) is 0. The lowest BCUT2D eigenvalue weighted by molar-refractivity contribution is 0.123. The fourth-order valence-corrected chi connectivity index (χ4v) is 3.78. The van der Waals surface area contributed by atoms with Gasteiger partial charge in [0.15, 0.2) is 0 Å². The van der Waals surface area contributed by atoms with Gasteiger partial charge in [0, 0.05) is 26.8 Å². The van der Waals surface area contributed by atoms with E-state index in [-0.39, 0.29) is 6.04 Å². The Morgan fingerprint density at radius 2 is 2.00 bits per heavy atom. The van der Waals surface area contributed by atoms with Crippen LogP contribution < -0.4 is 15.4 Å². The van der Waals surface area contributed by atoms with Crippen LogP contribution >= 0.6 is 0 Å². The Morgan fingerprint density at radius 3 is 2.76 bits per heavy atom. The molecule has 7 nitrogen and oxygen atoms in total. The minimum atomic E-state index is -2.65. The third kappa shape index (κ3) is 3.64. The molecule has 0 bridgehead atoms. The van der Waals surface area contributed by atoms with E-state index in [1.165, 1.54) is 0 Å². The first-order chi connectivity index (χ1) is 14.0. The molecule has 0 N–H and O–H groups in total. The molecule has 0 aliphatic carbocycles. The fourth-order valence-electron chi connectivity index (χ4n) is 3.78. The van der Waals surface area contributed by atoms with Crippen molar-refractivity contribution in [1.82, 2.24) is 19.5 Å². The summed E-state index contributed by atoms with van der Waals surface area (Å²) in [5.74, 6) is 1.61. The molecule has 3 aromatic rings. The molecule has 1 unspecified atom stereocenters. The number of rotatable bonds is 5. The summed E-state index contributed by atoms with van der Waals surface area (Å²) in [6, 6.07) is 8.34. The highest BCUT2D eigenvalue weighted by molar-refractivity contribution is 5.77. The average Bonchev–Trinajstić information content (AvgIpc) is 3.19. The second kappa shape index (κ2) is 7.73. The number of halogens is 2.